The van der Waals surface area contributed by atoms with Gasteiger partial charge in [0.1, 0.15) is 11.5 Å². The number of rotatable bonds is 10. The Kier molecular flexibility index (Phi) is 7.54. The zero-order valence-corrected chi connectivity index (χ0v) is 15.9. The summed E-state index contributed by atoms with van der Waals surface area (Å²) in [6.45, 7) is 6.05. The van der Waals surface area contributed by atoms with Crippen molar-refractivity contribution >= 4 is 7.82 Å². The van der Waals surface area contributed by atoms with Gasteiger partial charge >= 0.3 is 7.82 Å². The van der Waals surface area contributed by atoms with E-state index in [1.165, 1.54) is 0 Å². The number of unbranched alkanes of at least 4 members (excludes halogenated alkanes) is 1. The molecule has 0 amide bonds. The molecule has 0 heterocycles. The van der Waals surface area contributed by atoms with Crippen molar-refractivity contribution in [2.75, 3.05) is 0 Å². The van der Waals surface area contributed by atoms with Gasteiger partial charge in [-0.1, -0.05) is 70.0 Å². The largest absolute Gasteiger partial charge is 0.587 e. The van der Waals surface area contributed by atoms with Gasteiger partial charge in [0.15, 0.2) is 0 Å². The van der Waals surface area contributed by atoms with E-state index in [-0.39, 0.29) is 6.10 Å². The molecule has 0 N–H and O–H groups in total. The first-order valence-electron chi connectivity index (χ1n) is 8.60. The molecule has 0 aliphatic carbocycles. The van der Waals surface area contributed by atoms with Crippen molar-refractivity contribution in [2.45, 2.75) is 46.1 Å². The van der Waals surface area contributed by atoms with Gasteiger partial charge in [-0.15, -0.1) is 0 Å². The Morgan fingerprint density at radius 3 is 1.80 bits per heavy atom. The molecule has 0 saturated carbocycles. The second-order valence-electron chi connectivity index (χ2n) is 6.07. The van der Waals surface area contributed by atoms with E-state index in [1.54, 1.807) is 24.3 Å². The van der Waals surface area contributed by atoms with Gasteiger partial charge in [0.05, 0.1) is 6.10 Å². The highest BCUT2D eigenvalue weighted by atomic mass is 31.2. The summed E-state index contributed by atoms with van der Waals surface area (Å²) in [6, 6.07) is 17.9. The predicted octanol–water partition coefficient (Wildman–Crippen LogP) is 6.44. The molecule has 0 bridgehead atoms. The molecule has 0 aromatic heterocycles. The fourth-order valence-corrected chi connectivity index (χ4v) is 3.79. The third kappa shape index (κ3) is 6.56. The lowest BCUT2D eigenvalue weighted by molar-refractivity contribution is 0.142. The highest BCUT2D eigenvalue weighted by Crippen LogP contribution is 2.51. The molecule has 25 heavy (non-hydrogen) atoms. The fourth-order valence-electron chi connectivity index (χ4n) is 2.27. The molecule has 0 saturated heterocycles. The summed E-state index contributed by atoms with van der Waals surface area (Å²) in [7, 11) is -3.83. The Labute approximate surface area is 150 Å². The van der Waals surface area contributed by atoms with Crippen molar-refractivity contribution in [1.82, 2.24) is 0 Å². The first kappa shape index (κ1) is 19.6. The van der Waals surface area contributed by atoms with Crippen molar-refractivity contribution in [3.63, 3.8) is 0 Å². The Morgan fingerprint density at radius 1 is 0.920 bits per heavy atom. The van der Waals surface area contributed by atoms with Crippen LogP contribution in [0.3, 0.4) is 0 Å². The molecule has 0 aliphatic rings. The number of phosphoric acid groups is 1. The van der Waals surface area contributed by atoms with Crippen molar-refractivity contribution in [3.05, 3.63) is 66.6 Å². The number of hydrogen-bond acceptors (Lipinski definition) is 4. The molecular formula is C20H26O4P. The molecule has 1 unspecified atom stereocenters. The second-order valence-corrected chi connectivity index (χ2v) is 7.54. The van der Waals surface area contributed by atoms with E-state index >= 15 is 0 Å². The lowest BCUT2D eigenvalue weighted by Crippen LogP contribution is -2.20. The fraction of sp³-hybridized carbons (Fsp3) is 0.350. The molecule has 135 valence electrons. The molecule has 0 spiro atoms. The van der Waals surface area contributed by atoms with Gasteiger partial charge in [-0.05, 0) is 36.6 Å². The minimum Gasteiger partial charge on any atom is -0.395 e. The maximum absolute atomic E-state index is 13.4. The molecule has 0 fully saturated rings. The van der Waals surface area contributed by atoms with Gasteiger partial charge in [-0.3, -0.25) is 4.52 Å². The van der Waals surface area contributed by atoms with Gasteiger partial charge in [0.2, 0.25) is 0 Å². The summed E-state index contributed by atoms with van der Waals surface area (Å²) >= 11 is 0. The zero-order valence-electron chi connectivity index (χ0n) is 15.1. The van der Waals surface area contributed by atoms with Crippen LogP contribution in [0.15, 0.2) is 60.7 Å². The van der Waals surface area contributed by atoms with Gasteiger partial charge in [-0.25, -0.2) is 4.57 Å². The van der Waals surface area contributed by atoms with Gasteiger partial charge < -0.3 is 9.05 Å². The van der Waals surface area contributed by atoms with Crippen LogP contribution in [0.4, 0.5) is 0 Å². The van der Waals surface area contributed by atoms with Crippen LogP contribution in [0, 0.1) is 5.92 Å². The molecular weight excluding hydrogens is 335 g/mol. The average Bonchev–Trinajstić information content (AvgIpc) is 2.60. The number of phosphoric ester groups is 1. The molecule has 2 aromatic carbocycles. The standard InChI is InChI=1S/C20H26O4P/c1-4-5-16-20(17(2)3)24-25(21,22-18-12-8-6-9-13-18)23-19-14-10-7-11-15-19/h6-15,20H,4-5,16H2,1-3H3. The van der Waals surface area contributed by atoms with Crippen LogP contribution in [0.5, 0.6) is 11.5 Å². The van der Waals surface area contributed by atoms with Crippen molar-refractivity contribution in [1.29, 1.82) is 0 Å². The van der Waals surface area contributed by atoms with Crippen molar-refractivity contribution in [3.8, 4) is 11.5 Å². The van der Waals surface area contributed by atoms with E-state index in [2.05, 4.69) is 6.92 Å². The van der Waals surface area contributed by atoms with E-state index in [4.69, 9.17) is 13.6 Å². The average molecular weight is 361 g/mol. The van der Waals surface area contributed by atoms with E-state index in [1.807, 2.05) is 50.2 Å². The van der Waals surface area contributed by atoms with E-state index in [0.717, 1.165) is 25.2 Å². The van der Waals surface area contributed by atoms with Crippen LogP contribution >= 0.6 is 7.82 Å². The lowest BCUT2D eigenvalue weighted by atomic mass is 10.0. The third-order valence-corrected chi connectivity index (χ3v) is 5.02. The van der Waals surface area contributed by atoms with Crippen molar-refractivity contribution < 1.29 is 18.1 Å². The second kappa shape index (κ2) is 9.65. The predicted molar refractivity (Wildman–Crippen MR) is 101 cm³/mol. The van der Waals surface area contributed by atoms with Crippen LogP contribution < -0.4 is 9.05 Å². The number of para-hydroxylation sites is 2. The van der Waals surface area contributed by atoms with Crippen LogP contribution in [-0.2, 0) is 9.09 Å². The minimum absolute atomic E-state index is 0.279. The van der Waals surface area contributed by atoms with Gasteiger partial charge in [-0.2, -0.15) is 0 Å². The third-order valence-electron chi connectivity index (χ3n) is 3.64. The smallest absolute Gasteiger partial charge is 0.395 e. The molecule has 5 heteroatoms. The molecule has 4 nitrogen and oxygen atoms in total. The Hall–Kier alpha value is -1.77. The topological polar surface area (TPSA) is 44.8 Å². The van der Waals surface area contributed by atoms with E-state index in [9.17, 15) is 4.57 Å². The number of benzene rings is 2. The lowest BCUT2D eigenvalue weighted by Gasteiger charge is -2.26. The maximum Gasteiger partial charge on any atom is 0.587 e. The zero-order chi connectivity index (χ0) is 18.1. The minimum atomic E-state index is -3.83. The first-order valence-corrected chi connectivity index (χ1v) is 10.1. The maximum atomic E-state index is 13.4. The normalized spacial score (nSPS) is 12.8. The first-order chi connectivity index (χ1) is 12.0. The molecule has 0 aliphatic heterocycles. The summed E-state index contributed by atoms with van der Waals surface area (Å²) in [5.41, 5.74) is 0. The summed E-state index contributed by atoms with van der Waals surface area (Å²) in [4.78, 5) is 0. The Bertz CT molecular complexity index is 612. The monoisotopic (exact) mass is 361 g/mol. The number of hydrogen-bond donors (Lipinski definition) is 0. The summed E-state index contributed by atoms with van der Waals surface area (Å²) in [6.07, 6.45) is 2.51. The summed E-state index contributed by atoms with van der Waals surface area (Å²) < 4.78 is 30.6. The van der Waals surface area contributed by atoms with Crippen LogP contribution in [0.25, 0.3) is 0 Å². The molecule has 1 atom stereocenters. The summed E-state index contributed by atoms with van der Waals surface area (Å²) in [5, 5.41) is 0. The Morgan fingerprint density at radius 2 is 1.40 bits per heavy atom. The van der Waals surface area contributed by atoms with Crippen LogP contribution in [-0.4, -0.2) is 6.10 Å². The van der Waals surface area contributed by atoms with Crippen LogP contribution in [0.2, 0.25) is 0 Å². The summed E-state index contributed by atoms with van der Waals surface area (Å²) in [5.74, 6) is 1.94. The van der Waals surface area contributed by atoms with Crippen molar-refractivity contribution in [2.24, 2.45) is 0 Å². The van der Waals surface area contributed by atoms with Gasteiger partial charge in [0, 0.05) is 0 Å². The highest BCUT2D eigenvalue weighted by Gasteiger charge is 2.35. The SMILES string of the molecule is CCCCC(OP(=O)(Oc1ccccc1)Oc1ccccc1)[C](C)C. The van der Waals surface area contributed by atoms with E-state index in [0.29, 0.717) is 11.5 Å². The highest BCUT2D eigenvalue weighted by molar-refractivity contribution is 7.49. The Balaban J connectivity index is 2.22. The van der Waals surface area contributed by atoms with E-state index < -0.39 is 7.82 Å². The molecule has 1 radical (unpaired) electrons. The molecule has 2 rings (SSSR count). The molecule has 2 aromatic rings. The quantitative estimate of drug-likeness (QED) is 0.457. The van der Waals surface area contributed by atoms with Crippen LogP contribution in [0.1, 0.15) is 40.0 Å². The van der Waals surface area contributed by atoms with Gasteiger partial charge in [0.25, 0.3) is 0 Å².